The van der Waals surface area contributed by atoms with Crippen molar-refractivity contribution in [1.29, 1.82) is 0 Å². The fourth-order valence-corrected chi connectivity index (χ4v) is 2.22. The zero-order valence-electron chi connectivity index (χ0n) is 14.3. The van der Waals surface area contributed by atoms with Crippen LogP contribution < -0.4 is 20.1 Å². The maximum Gasteiger partial charge on any atom is 0.239 e. The molecule has 0 saturated heterocycles. The van der Waals surface area contributed by atoms with Gasteiger partial charge in [0.1, 0.15) is 5.76 Å². The van der Waals surface area contributed by atoms with Gasteiger partial charge in [-0.3, -0.25) is 9.59 Å². The van der Waals surface area contributed by atoms with E-state index in [4.69, 9.17) is 13.9 Å². The first-order chi connectivity index (χ1) is 12.1. The molecule has 7 heteroatoms. The number of benzene rings is 1. The fourth-order valence-electron chi connectivity index (χ4n) is 2.22. The van der Waals surface area contributed by atoms with E-state index < -0.39 is 0 Å². The maximum absolute atomic E-state index is 11.9. The molecule has 1 aromatic carbocycles. The largest absolute Gasteiger partial charge is 0.493 e. The Labute approximate surface area is 146 Å². The van der Waals surface area contributed by atoms with Crippen LogP contribution in [0.25, 0.3) is 0 Å². The van der Waals surface area contributed by atoms with Gasteiger partial charge >= 0.3 is 0 Å². The minimum Gasteiger partial charge on any atom is -0.493 e. The summed E-state index contributed by atoms with van der Waals surface area (Å²) in [4.78, 5) is 23.5. The van der Waals surface area contributed by atoms with E-state index in [9.17, 15) is 9.59 Å². The fraction of sp³-hybridized carbons (Fsp3) is 0.333. The van der Waals surface area contributed by atoms with Crippen molar-refractivity contribution in [3.63, 3.8) is 0 Å². The Balaban J connectivity index is 1.70. The Morgan fingerprint density at radius 3 is 2.52 bits per heavy atom. The van der Waals surface area contributed by atoms with Gasteiger partial charge in [-0.25, -0.2) is 0 Å². The molecule has 0 aliphatic carbocycles. The van der Waals surface area contributed by atoms with Gasteiger partial charge in [0.25, 0.3) is 0 Å². The average molecular weight is 346 g/mol. The Hall–Kier alpha value is -2.96. The van der Waals surface area contributed by atoms with Gasteiger partial charge in [0.05, 0.1) is 33.6 Å². The molecule has 2 aromatic rings. The summed E-state index contributed by atoms with van der Waals surface area (Å²) >= 11 is 0. The highest BCUT2D eigenvalue weighted by Gasteiger charge is 2.09. The van der Waals surface area contributed by atoms with Crippen LogP contribution in [0.1, 0.15) is 17.7 Å². The second-order valence-electron chi connectivity index (χ2n) is 5.32. The summed E-state index contributed by atoms with van der Waals surface area (Å²) in [6, 6.07) is 9.03. The second kappa shape index (κ2) is 9.36. The van der Waals surface area contributed by atoms with Crippen molar-refractivity contribution in [3.05, 3.63) is 47.9 Å². The monoisotopic (exact) mass is 346 g/mol. The Morgan fingerprint density at radius 1 is 1.04 bits per heavy atom. The number of amides is 2. The zero-order chi connectivity index (χ0) is 18.1. The smallest absolute Gasteiger partial charge is 0.239 e. The predicted molar refractivity (Wildman–Crippen MR) is 91.4 cm³/mol. The number of methoxy groups -OCH3 is 2. The standard InChI is InChI=1S/C18H22N2O5/c1-23-15-7-5-13(10-16(15)24-2)6-8-17(21)20-12-18(22)19-11-14-4-3-9-25-14/h3-5,7,9-10H,6,8,11-12H2,1-2H3,(H,19,22)(H,20,21). The normalized spacial score (nSPS) is 10.2. The van der Waals surface area contributed by atoms with Crippen LogP contribution in [0.5, 0.6) is 11.5 Å². The molecule has 0 radical (unpaired) electrons. The minimum atomic E-state index is -0.268. The van der Waals surface area contributed by atoms with Crippen molar-refractivity contribution in [3.8, 4) is 11.5 Å². The molecule has 2 rings (SSSR count). The van der Waals surface area contributed by atoms with Crippen LogP contribution in [0.15, 0.2) is 41.0 Å². The Bertz CT molecular complexity index is 697. The molecule has 0 saturated carbocycles. The van der Waals surface area contributed by atoms with Crippen LogP contribution in [0.2, 0.25) is 0 Å². The molecular weight excluding hydrogens is 324 g/mol. The summed E-state index contributed by atoms with van der Waals surface area (Å²) in [5.74, 6) is 1.47. The molecule has 2 amide bonds. The highest BCUT2D eigenvalue weighted by molar-refractivity contribution is 5.84. The maximum atomic E-state index is 11.9. The van der Waals surface area contributed by atoms with Gasteiger partial charge in [0, 0.05) is 6.42 Å². The molecule has 0 fully saturated rings. The van der Waals surface area contributed by atoms with E-state index in [0.717, 1.165) is 5.56 Å². The van der Waals surface area contributed by atoms with E-state index >= 15 is 0 Å². The Morgan fingerprint density at radius 2 is 1.84 bits per heavy atom. The van der Waals surface area contributed by atoms with Gasteiger partial charge in [0.2, 0.25) is 11.8 Å². The first kappa shape index (κ1) is 18.4. The molecule has 0 unspecified atom stereocenters. The lowest BCUT2D eigenvalue weighted by atomic mass is 10.1. The number of carbonyl (C=O) groups excluding carboxylic acids is 2. The lowest BCUT2D eigenvalue weighted by molar-refractivity contribution is -0.126. The predicted octanol–water partition coefficient (Wildman–Crippen LogP) is 1.66. The van der Waals surface area contributed by atoms with Crippen LogP contribution in [-0.4, -0.2) is 32.6 Å². The number of hydrogen-bond donors (Lipinski definition) is 2. The van der Waals surface area contributed by atoms with Gasteiger partial charge < -0.3 is 24.5 Å². The van der Waals surface area contributed by atoms with Crippen LogP contribution in [0.3, 0.4) is 0 Å². The third-order valence-electron chi connectivity index (χ3n) is 3.57. The number of rotatable bonds is 9. The highest BCUT2D eigenvalue weighted by atomic mass is 16.5. The van der Waals surface area contributed by atoms with E-state index in [1.165, 1.54) is 6.26 Å². The highest BCUT2D eigenvalue weighted by Crippen LogP contribution is 2.27. The van der Waals surface area contributed by atoms with Crippen molar-refractivity contribution in [2.75, 3.05) is 20.8 Å². The molecule has 1 heterocycles. The summed E-state index contributed by atoms with van der Waals surface area (Å²) in [6.45, 7) is 0.235. The number of furan rings is 1. The molecule has 0 spiro atoms. The van der Waals surface area contributed by atoms with Crippen molar-refractivity contribution in [2.45, 2.75) is 19.4 Å². The molecule has 0 bridgehead atoms. The van der Waals surface area contributed by atoms with E-state index in [1.807, 2.05) is 12.1 Å². The quantitative estimate of drug-likeness (QED) is 0.721. The van der Waals surface area contributed by atoms with E-state index in [1.54, 1.807) is 32.4 Å². The van der Waals surface area contributed by atoms with Crippen LogP contribution in [-0.2, 0) is 22.6 Å². The summed E-state index contributed by atoms with van der Waals surface area (Å²) in [7, 11) is 3.14. The molecule has 0 aliphatic heterocycles. The first-order valence-corrected chi connectivity index (χ1v) is 7.89. The molecule has 1 aromatic heterocycles. The number of nitrogens with one attached hydrogen (secondary N) is 2. The summed E-state index contributed by atoms with van der Waals surface area (Å²) in [5, 5.41) is 5.26. The summed E-state index contributed by atoms with van der Waals surface area (Å²) < 4.78 is 15.5. The van der Waals surface area contributed by atoms with Crippen molar-refractivity contribution in [1.82, 2.24) is 10.6 Å². The lowest BCUT2D eigenvalue weighted by Gasteiger charge is -2.10. The molecule has 25 heavy (non-hydrogen) atoms. The van der Waals surface area contributed by atoms with Crippen LogP contribution >= 0.6 is 0 Å². The number of ether oxygens (including phenoxy) is 2. The first-order valence-electron chi connectivity index (χ1n) is 7.89. The third-order valence-corrected chi connectivity index (χ3v) is 3.57. The Kier molecular flexibility index (Phi) is 6.88. The summed E-state index contributed by atoms with van der Waals surface area (Å²) in [6.07, 6.45) is 2.36. The SMILES string of the molecule is COc1ccc(CCC(=O)NCC(=O)NCc2ccco2)cc1OC. The van der Waals surface area contributed by atoms with Gasteiger partial charge in [-0.15, -0.1) is 0 Å². The number of hydrogen-bond acceptors (Lipinski definition) is 5. The van der Waals surface area contributed by atoms with Crippen molar-refractivity contribution in [2.24, 2.45) is 0 Å². The summed E-state index contributed by atoms with van der Waals surface area (Å²) in [5.41, 5.74) is 0.954. The van der Waals surface area contributed by atoms with E-state index in [-0.39, 0.29) is 24.8 Å². The average Bonchev–Trinajstić information content (AvgIpc) is 3.16. The van der Waals surface area contributed by atoms with Crippen LogP contribution in [0, 0.1) is 0 Å². The zero-order valence-corrected chi connectivity index (χ0v) is 14.3. The molecule has 0 atom stereocenters. The van der Waals surface area contributed by atoms with Crippen molar-refractivity contribution < 1.29 is 23.5 Å². The molecular formula is C18H22N2O5. The third kappa shape index (κ3) is 5.87. The number of carbonyl (C=O) groups is 2. The van der Waals surface area contributed by atoms with Gasteiger partial charge in [-0.2, -0.15) is 0 Å². The van der Waals surface area contributed by atoms with Gasteiger partial charge in [-0.05, 0) is 36.2 Å². The number of aryl methyl sites for hydroxylation is 1. The molecule has 2 N–H and O–H groups in total. The van der Waals surface area contributed by atoms with Crippen LogP contribution in [0.4, 0.5) is 0 Å². The topological polar surface area (TPSA) is 89.8 Å². The molecule has 7 nitrogen and oxygen atoms in total. The molecule has 134 valence electrons. The van der Waals surface area contributed by atoms with Gasteiger partial charge in [-0.1, -0.05) is 6.07 Å². The second-order valence-corrected chi connectivity index (χ2v) is 5.32. The van der Waals surface area contributed by atoms with E-state index in [0.29, 0.717) is 30.2 Å². The van der Waals surface area contributed by atoms with Gasteiger partial charge in [0.15, 0.2) is 11.5 Å². The minimum absolute atomic E-state index is 0.0640. The molecule has 0 aliphatic rings. The van der Waals surface area contributed by atoms with E-state index in [2.05, 4.69) is 10.6 Å². The lowest BCUT2D eigenvalue weighted by Crippen LogP contribution is -2.36. The van der Waals surface area contributed by atoms with Crippen molar-refractivity contribution >= 4 is 11.8 Å².